The number of benzene rings is 1. The first-order valence-electron chi connectivity index (χ1n) is 6.36. The molecule has 1 aliphatic rings. The molecule has 0 aliphatic carbocycles. The summed E-state index contributed by atoms with van der Waals surface area (Å²) in [6, 6.07) is 9.48. The monoisotopic (exact) mass is 299 g/mol. The highest BCUT2D eigenvalue weighted by molar-refractivity contribution is 7.99. The van der Waals surface area contributed by atoms with Gasteiger partial charge in [0.05, 0.1) is 11.3 Å². The zero-order chi connectivity index (χ0) is 15.0. The third-order valence-corrected chi connectivity index (χ3v) is 4.18. The van der Waals surface area contributed by atoms with Crippen molar-refractivity contribution in [3.63, 3.8) is 0 Å². The largest absolute Gasteiger partial charge is 0.478 e. The molecule has 21 heavy (non-hydrogen) atoms. The lowest BCUT2D eigenvalue weighted by Gasteiger charge is -2.12. The van der Waals surface area contributed by atoms with E-state index < -0.39 is 5.97 Å². The normalized spacial score (nSPS) is 13.5. The van der Waals surface area contributed by atoms with Crippen LogP contribution in [0.4, 0.5) is 0 Å². The van der Waals surface area contributed by atoms with Crippen LogP contribution in [0.1, 0.15) is 12.6 Å². The van der Waals surface area contributed by atoms with Crippen molar-refractivity contribution in [2.45, 2.75) is 12.1 Å². The average molecular weight is 299 g/mol. The molecule has 106 valence electrons. The predicted molar refractivity (Wildman–Crippen MR) is 83.6 cm³/mol. The number of aromatic nitrogens is 2. The fraction of sp³-hybridized carbons (Fsp3) is 0.133. The third kappa shape index (κ3) is 2.38. The molecule has 0 saturated carbocycles. The van der Waals surface area contributed by atoms with E-state index in [0.717, 1.165) is 17.0 Å². The maximum Gasteiger partial charge on any atom is 0.337 e. The van der Waals surface area contributed by atoms with E-state index in [2.05, 4.69) is 16.7 Å². The molecule has 0 unspecified atom stereocenters. The van der Waals surface area contributed by atoms with Gasteiger partial charge >= 0.3 is 5.97 Å². The molecular weight excluding hydrogens is 286 g/mol. The summed E-state index contributed by atoms with van der Waals surface area (Å²) < 4.78 is 1.59. The summed E-state index contributed by atoms with van der Waals surface area (Å²) in [4.78, 5) is 15.9. The lowest BCUT2D eigenvalue weighted by Crippen LogP contribution is -2.11. The number of aliphatic carboxylic acids is 1. The number of carboxylic acids is 1. The summed E-state index contributed by atoms with van der Waals surface area (Å²) in [6.45, 7) is 5.59. The highest BCUT2D eigenvalue weighted by Crippen LogP contribution is 2.34. The van der Waals surface area contributed by atoms with Crippen molar-refractivity contribution in [3.8, 4) is 11.3 Å². The minimum absolute atomic E-state index is 0.00773. The van der Waals surface area contributed by atoms with Crippen molar-refractivity contribution in [3.05, 3.63) is 42.6 Å². The molecule has 1 N–H and O–H groups in total. The molecular formula is C15H13N3O2S. The molecule has 1 aromatic carbocycles. The van der Waals surface area contributed by atoms with Crippen molar-refractivity contribution in [2.75, 3.05) is 5.75 Å². The molecule has 0 saturated heterocycles. The molecule has 0 bridgehead atoms. The maximum atomic E-state index is 11.4. The second-order valence-electron chi connectivity index (χ2n) is 4.68. The number of thioether (sulfide) groups is 1. The summed E-state index contributed by atoms with van der Waals surface area (Å²) in [6.07, 6.45) is 0. The molecule has 0 amide bonds. The number of hydrogen-bond acceptors (Lipinski definition) is 4. The minimum Gasteiger partial charge on any atom is -0.478 e. The van der Waals surface area contributed by atoms with E-state index in [0.29, 0.717) is 16.5 Å². The summed E-state index contributed by atoms with van der Waals surface area (Å²) in [5.41, 5.74) is 2.81. The van der Waals surface area contributed by atoms with Gasteiger partial charge in [0.25, 0.3) is 0 Å². The van der Waals surface area contributed by atoms with Crippen LogP contribution in [0, 0.1) is 0 Å². The molecule has 2 aromatic rings. The minimum atomic E-state index is -1.07. The molecule has 1 aromatic heterocycles. The first-order chi connectivity index (χ1) is 10.1. The van der Waals surface area contributed by atoms with Gasteiger partial charge in [-0.1, -0.05) is 48.7 Å². The maximum absolute atomic E-state index is 11.4. The summed E-state index contributed by atoms with van der Waals surface area (Å²) in [7, 11) is 0. The summed E-state index contributed by atoms with van der Waals surface area (Å²) >= 11 is 1.54. The number of carbonyl (C=O) groups is 1. The number of hydrogen-bond donors (Lipinski definition) is 1. The molecule has 5 nitrogen and oxygen atoms in total. The highest BCUT2D eigenvalue weighted by atomic mass is 32.2. The fourth-order valence-corrected chi connectivity index (χ4v) is 2.92. The van der Waals surface area contributed by atoms with Crippen molar-refractivity contribution in [1.82, 2.24) is 9.66 Å². The van der Waals surface area contributed by atoms with E-state index in [9.17, 15) is 9.90 Å². The van der Waals surface area contributed by atoms with Crippen molar-refractivity contribution in [1.29, 1.82) is 0 Å². The Labute approximate surface area is 126 Å². The Balaban J connectivity index is 2.26. The number of fused-ring (bicyclic) bond motifs is 1. The van der Waals surface area contributed by atoms with E-state index >= 15 is 0 Å². The van der Waals surface area contributed by atoms with Crippen LogP contribution in [-0.4, -0.2) is 32.2 Å². The predicted octanol–water partition coefficient (Wildman–Crippen LogP) is 2.98. The smallest absolute Gasteiger partial charge is 0.337 e. The second-order valence-corrected chi connectivity index (χ2v) is 5.62. The fourth-order valence-electron chi connectivity index (χ4n) is 2.12. The Morgan fingerprint density at radius 2 is 2.10 bits per heavy atom. The first-order valence-corrected chi connectivity index (χ1v) is 7.34. The molecule has 3 rings (SSSR count). The van der Waals surface area contributed by atoms with Gasteiger partial charge in [-0.2, -0.15) is 5.10 Å². The molecule has 1 aliphatic heterocycles. The van der Waals surface area contributed by atoms with Gasteiger partial charge in [0.2, 0.25) is 0 Å². The van der Waals surface area contributed by atoms with E-state index in [1.807, 2.05) is 37.3 Å². The quantitative estimate of drug-likeness (QED) is 0.885. The molecule has 0 atom stereocenters. The Bertz CT molecular complexity index is 763. The van der Waals surface area contributed by atoms with Gasteiger partial charge in [-0.05, 0) is 6.92 Å². The van der Waals surface area contributed by atoms with Gasteiger partial charge < -0.3 is 5.11 Å². The van der Waals surface area contributed by atoms with Crippen LogP contribution >= 0.6 is 11.8 Å². The van der Waals surface area contributed by atoms with Crippen LogP contribution in [-0.2, 0) is 4.79 Å². The standard InChI is InChI=1S/C15H13N3O2S/c1-9-8-21-15-16-12(11-6-4-3-5-7-11)13(18(15)17-9)10(2)14(19)20/h3-7H,2,8H2,1H3,(H,19,20). The molecule has 2 heterocycles. The first kappa shape index (κ1) is 13.6. The van der Waals surface area contributed by atoms with E-state index in [1.54, 1.807) is 16.4 Å². The molecule has 0 fully saturated rings. The van der Waals surface area contributed by atoms with Gasteiger partial charge in [0.15, 0.2) is 5.16 Å². The Morgan fingerprint density at radius 1 is 1.38 bits per heavy atom. The second kappa shape index (κ2) is 5.21. The Hall–Kier alpha value is -2.34. The topological polar surface area (TPSA) is 67.5 Å². The van der Waals surface area contributed by atoms with Crippen LogP contribution in [0.3, 0.4) is 0 Å². The van der Waals surface area contributed by atoms with Crippen LogP contribution in [0.25, 0.3) is 16.8 Å². The summed E-state index contributed by atoms with van der Waals surface area (Å²) in [5, 5.41) is 14.4. The van der Waals surface area contributed by atoms with Crippen LogP contribution < -0.4 is 0 Å². The van der Waals surface area contributed by atoms with Gasteiger partial charge in [-0.3, -0.25) is 0 Å². The lowest BCUT2D eigenvalue weighted by atomic mass is 10.1. The zero-order valence-corrected chi connectivity index (χ0v) is 12.2. The molecule has 6 heteroatoms. The highest BCUT2D eigenvalue weighted by Gasteiger charge is 2.26. The SMILES string of the molecule is C=C(C(=O)O)c1c(-c2ccccc2)nc2n1N=C(C)CS2. The van der Waals surface area contributed by atoms with Crippen molar-refractivity contribution < 1.29 is 9.90 Å². The Kier molecular flexibility index (Phi) is 3.39. The number of carboxylic acid groups (broad SMARTS) is 1. The van der Waals surface area contributed by atoms with Crippen LogP contribution in [0.15, 0.2) is 47.2 Å². The van der Waals surface area contributed by atoms with Crippen LogP contribution in [0.2, 0.25) is 0 Å². The van der Waals surface area contributed by atoms with Gasteiger partial charge in [-0.25, -0.2) is 14.5 Å². The van der Waals surface area contributed by atoms with E-state index in [-0.39, 0.29) is 5.57 Å². The number of nitrogens with zero attached hydrogens (tertiary/aromatic N) is 3. The number of imidazole rings is 1. The third-order valence-electron chi connectivity index (χ3n) is 3.10. The van der Waals surface area contributed by atoms with Crippen molar-refractivity contribution in [2.24, 2.45) is 5.10 Å². The van der Waals surface area contributed by atoms with Crippen LogP contribution in [0.5, 0.6) is 0 Å². The lowest BCUT2D eigenvalue weighted by molar-refractivity contribution is -0.130. The molecule has 0 radical (unpaired) electrons. The number of rotatable bonds is 3. The van der Waals surface area contributed by atoms with Gasteiger partial charge in [0, 0.05) is 17.0 Å². The van der Waals surface area contributed by atoms with Gasteiger partial charge in [-0.15, -0.1) is 0 Å². The van der Waals surface area contributed by atoms with E-state index in [1.165, 1.54) is 0 Å². The van der Waals surface area contributed by atoms with Crippen molar-refractivity contribution >= 4 is 29.0 Å². The summed E-state index contributed by atoms with van der Waals surface area (Å²) in [5.74, 6) is -0.317. The molecule has 0 spiro atoms. The Morgan fingerprint density at radius 3 is 2.76 bits per heavy atom. The van der Waals surface area contributed by atoms with E-state index in [4.69, 9.17) is 0 Å². The van der Waals surface area contributed by atoms with Gasteiger partial charge in [0.1, 0.15) is 5.69 Å². The average Bonchev–Trinajstić information content (AvgIpc) is 2.85. The zero-order valence-electron chi connectivity index (χ0n) is 11.4.